The Morgan fingerprint density at radius 1 is 1.07 bits per heavy atom. The molecule has 2 aromatic carbocycles. The molecule has 1 N–H and O–H groups in total. The van der Waals surface area contributed by atoms with Crippen molar-refractivity contribution in [1.82, 2.24) is 10.2 Å². The molecular weight excluding hydrogens is 377 g/mol. The largest absolute Gasteiger partial charge is 0.416 e. The maximum absolute atomic E-state index is 12.6. The highest BCUT2D eigenvalue weighted by molar-refractivity contribution is 6.30. The van der Waals surface area contributed by atoms with Gasteiger partial charge in [0.25, 0.3) is 0 Å². The third-order valence-corrected chi connectivity index (χ3v) is 4.37. The van der Waals surface area contributed by atoms with Gasteiger partial charge in [-0.25, -0.2) is 0 Å². The average Bonchev–Trinajstić information content (AvgIpc) is 2.59. The normalized spacial score (nSPS) is 12.9. The zero-order valence-electron chi connectivity index (χ0n) is 15.2. The standard InChI is InChI=1S/C20H22ClF3N2O/c1-26(2)12-11-18(15-5-9-17(21)10-6-15)25-19(27)13-14-3-7-16(8-4-14)20(22,23)24/h3-10,18H,11-13H2,1-2H3,(H,25,27). The van der Waals surface area contributed by atoms with Crippen molar-refractivity contribution >= 4 is 17.5 Å². The topological polar surface area (TPSA) is 32.3 Å². The van der Waals surface area contributed by atoms with Crippen LogP contribution >= 0.6 is 11.6 Å². The van der Waals surface area contributed by atoms with E-state index in [-0.39, 0.29) is 18.4 Å². The van der Waals surface area contributed by atoms with Crippen molar-refractivity contribution in [1.29, 1.82) is 0 Å². The molecule has 7 heteroatoms. The Hall–Kier alpha value is -2.05. The average molecular weight is 399 g/mol. The molecule has 0 aliphatic carbocycles. The molecule has 0 heterocycles. The summed E-state index contributed by atoms with van der Waals surface area (Å²) in [6.45, 7) is 0.772. The van der Waals surface area contributed by atoms with E-state index < -0.39 is 11.7 Å². The molecule has 1 unspecified atom stereocenters. The summed E-state index contributed by atoms with van der Waals surface area (Å²) < 4.78 is 37.9. The Kier molecular flexibility index (Phi) is 7.27. The number of hydrogen-bond acceptors (Lipinski definition) is 2. The summed E-state index contributed by atoms with van der Waals surface area (Å²) >= 11 is 5.93. The third-order valence-electron chi connectivity index (χ3n) is 4.12. The van der Waals surface area contributed by atoms with Gasteiger partial charge in [-0.1, -0.05) is 35.9 Å². The molecule has 3 nitrogen and oxygen atoms in total. The van der Waals surface area contributed by atoms with Gasteiger partial charge in [0.15, 0.2) is 0 Å². The molecule has 1 amide bonds. The second-order valence-electron chi connectivity index (χ2n) is 6.64. The number of nitrogens with one attached hydrogen (secondary N) is 1. The number of rotatable bonds is 7. The van der Waals surface area contributed by atoms with Crippen LogP contribution in [0.3, 0.4) is 0 Å². The molecule has 0 radical (unpaired) electrons. The third kappa shape index (κ3) is 6.88. The van der Waals surface area contributed by atoms with Gasteiger partial charge in [0, 0.05) is 5.02 Å². The first-order valence-electron chi connectivity index (χ1n) is 8.51. The number of carbonyl (C=O) groups excluding carboxylic acids is 1. The molecular formula is C20H22ClF3N2O. The lowest BCUT2D eigenvalue weighted by Crippen LogP contribution is -2.32. The molecule has 146 valence electrons. The molecule has 0 aliphatic heterocycles. The molecule has 0 aliphatic rings. The quantitative estimate of drug-likeness (QED) is 0.732. The zero-order chi connectivity index (χ0) is 20.0. The van der Waals surface area contributed by atoms with Crippen LogP contribution in [0.15, 0.2) is 48.5 Å². The van der Waals surface area contributed by atoms with E-state index in [1.165, 1.54) is 12.1 Å². The van der Waals surface area contributed by atoms with Gasteiger partial charge in [0.2, 0.25) is 5.91 Å². The van der Waals surface area contributed by atoms with Crippen LogP contribution in [0.5, 0.6) is 0 Å². The van der Waals surface area contributed by atoms with E-state index >= 15 is 0 Å². The Labute approximate surface area is 162 Å². The van der Waals surface area contributed by atoms with Crippen molar-refractivity contribution in [3.8, 4) is 0 Å². The SMILES string of the molecule is CN(C)CCC(NC(=O)Cc1ccc(C(F)(F)F)cc1)c1ccc(Cl)cc1. The first-order chi connectivity index (χ1) is 12.6. The van der Waals surface area contributed by atoms with E-state index in [0.29, 0.717) is 17.0 Å². The van der Waals surface area contributed by atoms with Crippen LogP contribution in [0.25, 0.3) is 0 Å². The summed E-state index contributed by atoms with van der Waals surface area (Å²) in [4.78, 5) is 14.4. The fourth-order valence-electron chi connectivity index (χ4n) is 2.65. The number of carbonyl (C=O) groups is 1. The number of hydrogen-bond donors (Lipinski definition) is 1. The minimum absolute atomic E-state index is 0.0180. The predicted molar refractivity (Wildman–Crippen MR) is 101 cm³/mol. The van der Waals surface area contributed by atoms with Crippen molar-refractivity contribution in [3.63, 3.8) is 0 Å². The first kappa shape index (κ1) is 21.3. The number of halogens is 4. The maximum Gasteiger partial charge on any atom is 0.416 e. The summed E-state index contributed by atoms with van der Waals surface area (Å²) in [5.41, 5.74) is 0.738. The van der Waals surface area contributed by atoms with Crippen molar-refractivity contribution in [2.75, 3.05) is 20.6 Å². The van der Waals surface area contributed by atoms with E-state index in [2.05, 4.69) is 5.32 Å². The van der Waals surface area contributed by atoms with Crippen molar-refractivity contribution in [2.45, 2.75) is 25.1 Å². The zero-order valence-corrected chi connectivity index (χ0v) is 15.9. The lowest BCUT2D eigenvalue weighted by Gasteiger charge is -2.21. The van der Waals surface area contributed by atoms with Gasteiger partial charge in [0.05, 0.1) is 18.0 Å². The smallest absolute Gasteiger partial charge is 0.349 e. The van der Waals surface area contributed by atoms with Gasteiger partial charge >= 0.3 is 6.18 Å². The summed E-state index contributed by atoms with van der Waals surface area (Å²) in [5.74, 6) is -0.242. The van der Waals surface area contributed by atoms with Crippen LogP contribution in [0.1, 0.15) is 29.2 Å². The number of amides is 1. The molecule has 0 saturated heterocycles. The lowest BCUT2D eigenvalue weighted by atomic mass is 10.0. The summed E-state index contributed by atoms with van der Waals surface area (Å²) in [5, 5.41) is 3.58. The summed E-state index contributed by atoms with van der Waals surface area (Å²) in [6.07, 6.45) is -3.66. The second-order valence-corrected chi connectivity index (χ2v) is 7.07. The van der Waals surface area contributed by atoms with E-state index in [1.807, 2.05) is 31.1 Å². The lowest BCUT2D eigenvalue weighted by molar-refractivity contribution is -0.137. The highest BCUT2D eigenvalue weighted by Gasteiger charge is 2.30. The summed E-state index contributed by atoms with van der Waals surface area (Å²) in [7, 11) is 3.89. The van der Waals surface area contributed by atoms with Gasteiger partial charge in [-0.3, -0.25) is 4.79 Å². The van der Waals surface area contributed by atoms with Crippen molar-refractivity contribution < 1.29 is 18.0 Å². The van der Waals surface area contributed by atoms with E-state index in [1.54, 1.807) is 12.1 Å². The van der Waals surface area contributed by atoms with Crippen molar-refractivity contribution in [3.05, 3.63) is 70.2 Å². The molecule has 0 saturated carbocycles. The maximum atomic E-state index is 12.6. The van der Waals surface area contributed by atoms with Crippen LogP contribution < -0.4 is 5.32 Å². The van der Waals surface area contributed by atoms with Gasteiger partial charge in [-0.05, 0) is 62.5 Å². The highest BCUT2D eigenvalue weighted by Crippen LogP contribution is 2.29. The molecule has 0 spiro atoms. The van der Waals surface area contributed by atoms with E-state index in [0.717, 1.165) is 24.2 Å². The van der Waals surface area contributed by atoms with Crippen LogP contribution in [0.2, 0.25) is 5.02 Å². The second kappa shape index (κ2) is 9.24. The van der Waals surface area contributed by atoms with Gasteiger partial charge in [-0.2, -0.15) is 13.2 Å². The van der Waals surface area contributed by atoms with Crippen LogP contribution in [0.4, 0.5) is 13.2 Å². The molecule has 0 aromatic heterocycles. The first-order valence-corrected chi connectivity index (χ1v) is 8.88. The van der Waals surface area contributed by atoms with Crippen LogP contribution in [-0.4, -0.2) is 31.4 Å². The minimum Gasteiger partial charge on any atom is -0.349 e. The fraction of sp³-hybridized carbons (Fsp3) is 0.350. The molecule has 0 bridgehead atoms. The minimum atomic E-state index is -4.38. The number of benzene rings is 2. The monoisotopic (exact) mass is 398 g/mol. The molecule has 27 heavy (non-hydrogen) atoms. The molecule has 2 rings (SSSR count). The Morgan fingerprint density at radius 3 is 2.19 bits per heavy atom. The fourth-order valence-corrected chi connectivity index (χ4v) is 2.77. The molecule has 1 atom stereocenters. The van der Waals surface area contributed by atoms with Crippen LogP contribution in [-0.2, 0) is 17.4 Å². The van der Waals surface area contributed by atoms with Crippen LogP contribution in [0, 0.1) is 0 Å². The predicted octanol–water partition coefficient (Wildman–Crippen LogP) is 4.71. The molecule has 2 aromatic rings. The Bertz CT molecular complexity index is 743. The van der Waals surface area contributed by atoms with E-state index in [9.17, 15) is 18.0 Å². The van der Waals surface area contributed by atoms with Gasteiger partial charge < -0.3 is 10.2 Å². The number of nitrogens with zero attached hydrogens (tertiary/aromatic N) is 1. The Morgan fingerprint density at radius 2 is 1.67 bits per heavy atom. The van der Waals surface area contributed by atoms with Gasteiger partial charge in [-0.15, -0.1) is 0 Å². The van der Waals surface area contributed by atoms with Crippen molar-refractivity contribution in [2.24, 2.45) is 0 Å². The number of alkyl halides is 3. The highest BCUT2D eigenvalue weighted by atomic mass is 35.5. The Balaban J connectivity index is 2.05. The van der Waals surface area contributed by atoms with E-state index in [4.69, 9.17) is 11.6 Å². The molecule has 0 fully saturated rings. The van der Waals surface area contributed by atoms with Gasteiger partial charge in [0.1, 0.15) is 0 Å². The summed E-state index contributed by atoms with van der Waals surface area (Å²) in [6, 6.07) is 11.7.